The number of carbonyl (C=O) groups is 2. The van der Waals surface area contributed by atoms with Gasteiger partial charge in [-0.1, -0.05) is 17.7 Å². The third kappa shape index (κ3) is 3.78. The normalized spacial score (nSPS) is 18.9. The van der Waals surface area contributed by atoms with Gasteiger partial charge < -0.3 is 19.6 Å². The van der Waals surface area contributed by atoms with Crippen LogP contribution in [0.25, 0.3) is 5.76 Å². The molecule has 1 atom stereocenters. The topological polar surface area (TPSA) is 71.3 Å². The first-order valence-corrected chi connectivity index (χ1v) is 10.1. The number of ketones is 1. The van der Waals surface area contributed by atoms with E-state index in [9.17, 15) is 14.7 Å². The first kappa shape index (κ1) is 20.4. The molecule has 2 heterocycles. The number of thiophene rings is 1. The molecule has 1 aromatic carbocycles. The van der Waals surface area contributed by atoms with Crippen LogP contribution in [0.4, 0.5) is 0 Å². The predicted molar refractivity (Wildman–Crippen MR) is 109 cm³/mol. The fourth-order valence-electron chi connectivity index (χ4n) is 3.17. The zero-order chi connectivity index (χ0) is 20.4. The average molecular weight is 422 g/mol. The lowest BCUT2D eigenvalue weighted by Crippen LogP contribution is -3.06. The van der Waals surface area contributed by atoms with Gasteiger partial charge in [0.15, 0.2) is 0 Å². The van der Waals surface area contributed by atoms with Gasteiger partial charge in [-0.25, -0.2) is 0 Å². The summed E-state index contributed by atoms with van der Waals surface area (Å²) in [6.45, 7) is 1.10. The van der Waals surface area contributed by atoms with Crippen LogP contribution in [-0.4, -0.2) is 56.0 Å². The molecule has 1 fully saturated rings. The van der Waals surface area contributed by atoms with E-state index in [-0.39, 0.29) is 11.3 Å². The molecule has 0 bridgehead atoms. The smallest absolute Gasteiger partial charge is 0.295 e. The van der Waals surface area contributed by atoms with E-state index in [0.29, 0.717) is 29.4 Å². The van der Waals surface area contributed by atoms with Gasteiger partial charge in [0.1, 0.15) is 11.5 Å². The number of rotatable bonds is 6. The Hall–Kier alpha value is -2.35. The van der Waals surface area contributed by atoms with Crippen LogP contribution in [-0.2, 0) is 9.59 Å². The van der Waals surface area contributed by atoms with Crippen molar-refractivity contribution in [2.45, 2.75) is 6.04 Å². The number of nitrogens with one attached hydrogen (secondary N) is 1. The number of amides is 1. The maximum Gasteiger partial charge on any atom is 0.295 e. The van der Waals surface area contributed by atoms with Crippen LogP contribution in [0.3, 0.4) is 0 Å². The summed E-state index contributed by atoms with van der Waals surface area (Å²) < 4.78 is 5.14. The number of aliphatic hydroxyl groups is 1. The molecule has 2 aromatic rings. The molecular weight excluding hydrogens is 400 g/mol. The molecule has 0 saturated carbocycles. The molecule has 8 heteroatoms. The number of hydrogen-bond acceptors (Lipinski definition) is 5. The Bertz CT molecular complexity index is 924. The van der Waals surface area contributed by atoms with Crippen molar-refractivity contribution in [1.82, 2.24) is 4.90 Å². The Kier molecular flexibility index (Phi) is 6.07. The zero-order valence-corrected chi connectivity index (χ0v) is 17.4. The number of aliphatic hydroxyl groups excluding tert-OH is 1. The quantitative estimate of drug-likeness (QED) is 0.425. The largest absolute Gasteiger partial charge is 0.507 e. The highest BCUT2D eigenvalue weighted by Crippen LogP contribution is 2.41. The highest BCUT2D eigenvalue weighted by Gasteiger charge is 2.46. The van der Waals surface area contributed by atoms with Crippen molar-refractivity contribution >= 4 is 40.4 Å². The molecule has 0 unspecified atom stereocenters. The second kappa shape index (κ2) is 8.34. The number of methoxy groups -OCH3 is 1. The number of halogens is 1. The third-order valence-electron chi connectivity index (χ3n) is 4.63. The van der Waals surface area contributed by atoms with Gasteiger partial charge in [0, 0.05) is 10.4 Å². The van der Waals surface area contributed by atoms with Crippen LogP contribution in [0.15, 0.2) is 41.3 Å². The summed E-state index contributed by atoms with van der Waals surface area (Å²) >= 11 is 7.62. The third-order valence-corrected chi connectivity index (χ3v) is 5.85. The number of nitrogens with zero attached hydrogens (tertiary/aromatic N) is 1. The minimum Gasteiger partial charge on any atom is -0.507 e. The van der Waals surface area contributed by atoms with Crippen molar-refractivity contribution in [3.8, 4) is 5.75 Å². The predicted octanol–water partition coefficient (Wildman–Crippen LogP) is 1.98. The van der Waals surface area contributed by atoms with Crippen LogP contribution in [0.2, 0.25) is 5.02 Å². The van der Waals surface area contributed by atoms with E-state index in [0.717, 1.165) is 9.78 Å². The number of carbonyl (C=O) groups excluding carboxylic acids is 2. The van der Waals surface area contributed by atoms with Crippen LogP contribution in [0.1, 0.15) is 16.5 Å². The van der Waals surface area contributed by atoms with Crippen LogP contribution < -0.4 is 9.64 Å². The fourth-order valence-corrected chi connectivity index (χ4v) is 4.27. The van der Waals surface area contributed by atoms with Gasteiger partial charge >= 0.3 is 0 Å². The standard InChI is InChI=1S/C20H21ClN2O4S/c1-22(2)8-9-23-17(15-5-4-10-28-15)16(19(25)20(23)26)18(24)12-6-7-14(27-3)13(21)11-12/h4-7,10-11,17,24H,8-9H2,1-3H3/p+1/t17-/m1/s1. The van der Waals surface area contributed by atoms with Gasteiger partial charge in [-0.05, 0) is 29.6 Å². The van der Waals surface area contributed by atoms with E-state index in [2.05, 4.69) is 0 Å². The number of ether oxygens (including phenoxy) is 1. The van der Waals surface area contributed by atoms with Crippen molar-refractivity contribution in [1.29, 1.82) is 0 Å². The molecule has 2 N–H and O–H groups in total. The maximum atomic E-state index is 12.8. The maximum absolute atomic E-state index is 12.8. The Morgan fingerprint density at radius 2 is 2.07 bits per heavy atom. The van der Waals surface area contributed by atoms with Crippen LogP contribution in [0, 0.1) is 0 Å². The van der Waals surface area contributed by atoms with E-state index in [4.69, 9.17) is 16.3 Å². The second-order valence-electron chi connectivity index (χ2n) is 6.81. The Labute approximate surface area is 172 Å². The fraction of sp³-hybridized carbons (Fsp3) is 0.300. The highest BCUT2D eigenvalue weighted by molar-refractivity contribution is 7.10. The van der Waals surface area contributed by atoms with Gasteiger partial charge in [-0.15, -0.1) is 11.3 Å². The number of likely N-dealkylation sites (tertiary alicyclic amines) is 1. The van der Waals surface area contributed by atoms with E-state index in [1.165, 1.54) is 29.4 Å². The molecule has 1 saturated heterocycles. The summed E-state index contributed by atoms with van der Waals surface area (Å²) in [7, 11) is 5.46. The summed E-state index contributed by atoms with van der Waals surface area (Å²) in [6, 6.07) is 7.87. The Morgan fingerprint density at radius 1 is 1.32 bits per heavy atom. The summed E-state index contributed by atoms with van der Waals surface area (Å²) in [5.74, 6) is -1.05. The van der Waals surface area contributed by atoms with E-state index in [1.807, 2.05) is 31.6 Å². The van der Waals surface area contributed by atoms with Gasteiger partial charge in [0.2, 0.25) is 0 Å². The van der Waals surface area contributed by atoms with Crippen LogP contribution in [0.5, 0.6) is 5.75 Å². The number of hydrogen-bond donors (Lipinski definition) is 2. The van der Waals surface area contributed by atoms with Crippen molar-refractivity contribution in [2.75, 3.05) is 34.3 Å². The molecule has 1 aliphatic rings. The molecule has 6 nitrogen and oxygen atoms in total. The monoisotopic (exact) mass is 421 g/mol. The lowest BCUT2D eigenvalue weighted by atomic mass is 10.00. The van der Waals surface area contributed by atoms with Gasteiger partial charge in [-0.2, -0.15) is 0 Å². The molecule has 0 aliphatic carbocycles. The summed E-state index contributed by atoms with van der Waals surface area (Å²) in [5, 5.41) is 13.1. The molecular formula is C20H22ClN2O4S+. The van der Waals surface area contributed by atoms with E-state index < -0.39 is 17.7 Å². The highest BCUT2D eigenvalue weighted by atomic mass is 35.5. The average Bonchev–Trinajstić information content (AvgIpc) is 3.27. The Balaban J connectivity index is 2.10. The molecule has 0 radical (unpaired) electrons. The van der Waals surface area contributed by atoms with E-state index in [1.54, 1.807) is 12.1 Å². The van der Waals surface area contributed by atoms with Gasteiger partial charge in [0.25, 0.3) is 11.7 Å². The number of Topliss-reactive ketones (excluding diaryl/α,β-unsaturated/α-hetero) is 1. The van der Waals surface area contributed by atoms with Gasteiger partial charge in [0.05, 0.1) is 50.9 Å². The lowest BCUT2D eigenvalue weighted by Gasteiger charge is -2.24. The summed E-state index contributed by atoms with van der Waals surface area (Å²) in [4.78, 5) is 29.1. The van der Waals surface area contributed by atoms with Crippen molar-refractivity contribution in [3.05, 3.63) is 56.7 Å². The molecule has 1 aliphatic heterocycles. The minimum atomic E-state index is -0.684. The first-order valence-electron chi connectivity index (χ1n) is 8.80. The van der Waals surface area contributed by atoms with E-state index >= 15 is 0 Å². The van der Waals surface area contributed by atoms with Crippen molar-refractivity contribution in [2.24, 2.45) is 0 Å². The van der Waals surface area contributed by atoms with Crippen LogP contribution >= 0.6 is 22.9 Å². The molecule has 28 heavy (non-hydrogen) atoms. The second-order valence-corrected chi connectivity index (χ2v) is 8.20. The summed E-state index contributed by atoms with van der Waals surface area (Å²) in [5.41, 5.74) is 0.450. The summed E-state index contributed by atoms with van der Waals surface area (Å²) in [6.07, 6.45) is 0. The first-order chi connectivity index (χ1) is 13.3. The van der Waals surface area contributed by atoms with Crippen molar-refractivity contribution < 1.29 is 24.3 Å². The molecule has 1 aromatic heterocycles. The zero-order valence-electron chi connectivity index (χ0n) is 15.9. The molecule has 0 spiro atoms. The SMILES string of the molecule is COc1ccc(C(O)=C2C(=O)C(=O)N(CC[NH+](C)C)[C@@H]2c2cccs2)cc1Cl. The molecule has 148 valence electrons. The molecule has 1 amide bonds. The number of benzene rings is 1. The van der Waals surface area contributed by atoms with Crippen molar-refractivity contribution in [3.63, 3.8) is 0 Å². The van der Waals surface area contributed by atoms with Gasteiger partial charge in [-0.3, -0.25) is 9.59 Å². The number of quaternary nitrogens is 1. The lowest BCUT2D eigenvalue weighted by molar-refractivity contribution is -0.857. The molecule has 3 rings (SSSR count). The Morgan fingerprint density at radius 3 is 2.64 bits per heavy atom. The minimum absolute atomic E-state index is 0.0856. The number of likely N-dealkylation sites (N-methyl/N-ethyl adjacent to an activating group) is 1.